The van der Waals surface area contributed by atoms with Gasteiger partial charge in [0.25, 0.3) is 0 Å². The van der Waals surface area contributed by atoms with Crippen molar-refractivity contribution in [3.63, 3.8) is 0 Å². The molecule has 0 spiro atoms. The van der Waals surface area contributed by atoms with Crippen LogP contribution in [0.25, 0.3) is 0 Å². The van der Waals surface area contributed by atoms with E-state index in [0.29, 0.717) is 18.8 Å². The summed E-state index contributed by atoms with van der Waals surface area (Å²) in [7, 11) is 2.01. The molecule has 5 nitrogen and oxygen atoms in total. The zero-order valence-corrected chi connectivity index (χ0v) is 17.7. The Labute approximate surface area is 183 Å². The van der Waals surface area contributed by atoms with Gasteiger partial charge in [-0.05, 0) is 16.7 Å². The van der Waals surface area contributed by atoms with Crippen molar-refractivity contribution in [2.45, 2.75) is 19.6 Å². The molecule has 0 aliphatic heterocycles. The van der Waals surface area contributed by atoms with Crippen LogP contribution in [0, 0.1) is 0 Å². The highest BCUT2D eigenvalue weighted by molar-refractivity contribution is 5.75. The molecular weight excluding hydrogens is 382 g/mol. The van der Waals surface area contributed by atoms with E-state index in [-0.39, 0.29) is 0 Å². The van der Waals surface area contributed by atoms with Gasteiger partial charge >= 0.3 is 0 Å². The number of nitrogens with zero attached hydrogens (tertiary/aromatic N) is 4. The van der Waals surface area contributed by atoms with Gasteiger partial charge in [0.05, 0.1) is 0 Å². The highest BCUT2D eigenvalue weighted by atomic mass is 15.2. The van der Waals surface area contributed by atoms with E-state index in [9.17, 15) is 0 Å². The highest BCUT2D eigenvalue weighted by Gasteiger charge is 2.18. The lowest BCUT2D eigenvalue weighted by Gasteiger charge is -2.28. The molecule has 0 atom stereocenters. The SMILES string of the molecule is CN(Cc1ccccc1)c1ncnc(N(Cc2ccccc2)Cc2ccccc2)c1N. The Bertz CT molecular complexity index is 1040. The Morgan fingerprint density at radius 3 is 1.52 bits per heavy atom. The second-order valence-electron chi connectivity index (χ2n) is 7.60. The Morgan fingerprint density at radius 2 is 1.03 bits per heavy atom. The molecule has 4 aromatic rings. The van der Waals surface area contributed by atoms with Gasteiger partial charge in [-0.25, -0.2) is 9.97 Å². The number of hydrogen-bond acceptors (Lipinski definition) is 5. The average molecular weight is 410 g/mol. The molecule has 1 heterocycles. The molecule has 0 aliphatic rings. The highest BCUT2D eigenvalue weighted by Crippen LogP contribution is 2.31. The minimum Gasteiger partial charge on any atom is -0.393 e. The van der Waals surface area contributed by atoms with Crippen LogP contribution in [0.3, 0.4) is 0 Å². The summed E-state index contributed by atoms with van der Waals surface area (Å²) in [5.41, 5.74) is 10.8. The van der Waals surface area contributed by atoms with E-state index in [1.807, 2.05) is 37.4 Å². The lowest BCUT2D eigenvalue weighted by atomic mass is 10.1. The number of benzene rings is 3. The molecular formula is C26H27N5. The van der Waals surface area contributed by atoms with E-state index < -0.39 is 0 Å². The molecule has 156 valence electrons. The van der Waals surface area contributed by atoms with Crippen molar-refractivity contribution in [3.05, 3.63) is 114 Å². The van der Waals surface area contributed by atoms with E-state index in [4.69, 9.17) is 5.73 Å². The standard InChI is InChI=1S/C26H27N5/c1-30(17-21-11-5-2-6-12-21)25-24(27)26(29-20-28-25)31(18-22-13-7-3-8-14-22)19-23-15-9-4-10-16-23/h2-16,20H,17-19,27H2,1H3. The molecule has 5 heteroatoms. The van der Waals surface area contributed by atoms with Crippen molar-refractivity contribution < 1.29 is 0 Å². The zero-order chi connectivity index (χ0) is 21.5. The van der Waals surface area contributed by atoms with Crippen molar-refractivity contribution in [1.29, 1.82) is 0 Å². The first-order chi connectivity index (χ1) is 15.2. The molecule has 3 aromatic carbocycles. The fraction of sp³-hybridized carbons (Fsp3) is 0.154. The van der Waals surface area contributed by atoms with Gasteiger partial charge in [0.2, 0.25) is 0 Å². The smallest absolute Gasteiger partial charge is 0.158 e. The molecule has 2 N–H and O–H groups in total. The predicted molar refractivity (Wildman–Crippen MR) is 128 cm³/mol. The van der Waals surface area contributed by atoms with Gasteiger partial charge < -0.3 is 15.5 Å². The maximum Gasteiger partial charge on any atom is 0.158 e. The van der Waals surface area contributed by atoms with Crippen LogP contribution in [0.15, 0.2) is 97.3 Å². The van der Waals surface area contributed by atoms with Crippen LogP contribution in [-0.2, 0) is 19.6 Å². The first-order valence-corrected chi connectivity index (χ1v) is 10.4. The zero-order valence-electron chi connectivity index (χ0n) is 17.7. The van der Waals surface area contributed by atoms with Gasteiger partial charge in [-0.1, -0.05) is 91.0 Å². The molecule has 0 bridgehead atoms. The second kappa shape index (κ2) is 9.76. The second-order valence-corrected chi connectivity index (χ2v) is 7.60. The third-order valence-electron chi connectivity index (χ3n) is 5.20. The van der Waals surface area contributed by atoms with Gasteiger partial charge in [-0.2, -0.15) is 0 Å². The lowest BCUT2D eigenvalue weighted by molar-refractivity contribution is 0.779. The van der Waals surface area contributed by atoms with Crippen molar-refractivity contribution in [2.75, 3.05) is 22.6 Å². The van der Waals surface area contributed by atoms with E-state index in [0.717, 1.165) is 18.2 Å². The fourth-order valence-corrected chi connectivity index (χ4v) is 3.68. The molecule has 0 unspecified atom stereocenters. The van der Waals surface area contributed by atoms with Crippen molar-refractivity contribution in [3.8, 4) is 0 Å². The van der Waals surface area contributed by atoms with Gasteiger partial charge in [0, 0.05) is 26.7 Å². The van der Waals surface area contributed by atoms with Crippen molar-refractivity contribution in [2.24, 2.45) is 0 Å². The van der Waals surface area contributed by atoms with E-state index >= 15 is 0 Å². The van der Waals surface area contributed by atoms with Crippen LogP contribution in [0.4, 0.5) is 17.3 Å². The summed E-state index contributed by atoms with van der Waals surface area (Å²) in [6.45, 7) is 2.14. The summed E-state index contributed by atoms with van der Waals surface area (Å²) in [5.74, 6) is 1.48. The quantitative estimate of drug-likeness (QED) is 0.448. The van der Waals surface area contributed by atoms with Crippen LogP contribution in [0.2, 0.25) is 0 Å². The Hall–Kier alpha value is -3.86. The van der Waals surface area contributed by atoms with Crippen LogP contribution in [0.1, 0.15) is 16.7 Å². The topological polar surface area (TPSA) is 58.3 Å². The number of anilines is 3. The third-order valence-corrected chi connectivity index (χ3v) is 5.20. The Kier molecular flexibility index (Phi) is 6.43. The first kappa shape index (κ1) is 20.4. The molecule has 0 amide bonds. The minimum atomic E-state index is 0.591. The Balaban J connectivity index is 1.64. The van der Waals surface area contributed by atoms with Crippen molar-refractivity contribution >= 4 is 17.3 Å². The minimum absolute atomic E-state index is 0.591. The van der Waals surface area contributed by atoms with Crippen LogP contribution >= 0.6 is 0 Å². The van der Waals surface area contributed by atoms with Gasteiger partial charge in [-0.15, -0.1) is 0 Å². The molecule has 4 rings (SSSR count). The summed E-state index contributed by atoms with van der Waals surface area (Å²) in [4.78, 5) is 13.4. The summed E-state index contributed by atoms with van der Waals surface area (Å²) < 4.78 is 0. The number of nitrogen functional groups attached to an aromatic ring is 1. The third kappa shape index (κ3) is 5.20. The Morgan fingerprint density at radius 1 is 0.613 bits per heavy atom. The number of rotatable bonds is 8. The van der Waals surface area contributed by atoms with Gasteiger partial charge in [0.15, 0.2) is 11.6 Å². The number of hydrogen-bond donors (Lipinski definition) is 1. The molecule has 0 fully saturated rings. The molecule has 1 aromatic heterocycles. The first-order valence-electron chi connectivity index (χ1n) is 10.4. The van der Waals surface area contributed by atoms with Gasteiger partial charge in [0.1, 0.15) is 12.0 Å². The van der Waals surface area contributed by atoms with Crippen molar-refractivity contribution in [1.82, 2.24) is 9.97 Å². The molecule has 0 aliphatic carbocycles. The van der Waals surface area contributed by atoms with Gasteiger partial charge in [-0.3, -0.25) is 0 Å². The fourth-order valence-electron chi connectivity index (χ4n) is 3.68. The van der Waals surface area contributed by atoms with E-state index in [1.165, 1.54) is 16.7 Å². The largest absolute Gasteiger partial charge is 0.393 e. The summed E-state index contributed by atoms with van der Waals surface area (Å²) in [6, 6.07) is 31.1. The molecule has 0 saturated heterocycles. The predicted octanol–water partition coefficient (Wildman–Crippen LogP) is 4.90. The van der Waals surface area contributed by atoms with E-state index in [2.05, 4.69) is 80.4 Å². The number of aromatic nitrogens is 2. The summed E-state index contributed by atoms with van der Waals surface area (Å²) in [6.07, 6.45) is 1.60. The molecule has 31 heavy (non-hydrogen) atoms. The normalized spacial score (nSPS) is 10.6. The summed E-state index contributed by atoms with van der Waals surface area (Å²) >= 11 is 0. The maximum absolute atomic E-state index is 6.64. The monoisotopic (exact) mass is 409 g/mol. The summed E-state index contributed by atoms with van der Waals surface area (Å²) in [5, 5.41) is 0. The number of nitrogens with two attached hydrogens (primary N) is 1. The van der Waals surface area contributed by atoms with Crippen LogP contribution in [0.5, 0.6) is 0 Å². The van der Waals surface area contributed by atoms with Crippen LogP contribution in [-0.4, -0.2) is 17.0 Å². The maximum atomic E-state index is 6.64. The average Bonchev–Trinajstić information content (AvgIpc) is 2.81. The van der Waals surface area contributed by atoms with E-state index in [1.54, 1.807) is 6.33 Å². The lowest BCUT2D eigenvalue weighted by Crippen LogP contribution is -2.26. The van der Waals surface area contributed by atoms with Crippen LogP contribution < -0.4 is 15.5 Å². The molecule has 0 radical (unpaired) electrons. The molecule has 0 saturated carbocycles.